The maximum atomic E-state index is 13.0. The summed E-state index contributed by atoms with van der Waals surface area (Å²) in [5.74, 6) is -0.862. The molecular formula is C15H16FN3O. The smallest absolute Gasteiger partial charge is 0.250 e. The van der Waals surface area contributed by atoms with E-state index < -0.39 is 5.91 Å². The number of hydrogen-bond acceptors (Lipinski definition) is 3. The molecule has 0 aliphatic rings. The Morgan fingerprint density at radius 2 is 1.75 bits per heavy atom. The number of amides is 1. The van der Waals surface area contributed by atoms with Crippen molar-refractivity contribution < 1.29 is 9.18 Å². The number of nitrogen functional groups attached to an aromatic ring is 1. The highest BCUT2D eigenvalue weighted by Crippen LogP contribution is 2.28. The van der Waals surface area contributed by atoms with Gasteiger partial charge < -0.3 is 16.4 Å². The molecular weight excluding hydrogens is 257 g/mol. The summed E-state index contributed by atoms with van der Waals surface area (Å²) in [6, 6.07) is 11.2. The second-order valence-electron chi connectivity index (χ2n) is 4.36. The van der Waals surface area contributed by atoms with Crippen LogP contribution in [0.5, 0.6) is 0 Å². The Morgan fingerprint density at radius 3 is 2.30 bits per heavy atom. The Hall–Kier alpha value is -2.56. The molecule has 4 nitrogen and oxygen atoms in total. The molecule has 104 valence electrons. The molecule has 4 N–H and O–H groups in total. The molecule has 1 amide bonds. The zero-order valence-corrected chi connectivity index (χ0v) is 11.1. The van der Waals surface area contributed by atoms with E-state index in [2.05, 4.69) is 0 Å². The van der Waals surface area contributed by atoms with Crippen LogP contribution in [-0.2, 0) is 0 Å². The zero-order chi connectivity index (χ0) is 14.7. The minimum absolute atomic E-state index is 0.281. The standard InChI is InChI=1S/C15H16FN3O/c1-2-19(11-5-3-10(16)4-6-11)12-7-8-14(17)13(9-12)15(18)20/h3-9H,2,17H2,1H3,(H2,18,20). The molecule has 0 radical (unpaired) electrons. The number of halogens is 1. The second-order valence-corrected chi connectivity index (χ2v) is 4.36. The van der Waals surface area contributed by atoms with Crippen molar-refractivity contribution in [1.29, 1.82) is 0 Å². The number of rotatable bonds is 4. The Bertz CT molecular complexity index is 626. The van der Waals surface area contributed by atoms with Crippen molar-refractivity contribution in [2.24, 2.45) is 5.73 Å². The quantitative estimate of drug-likeness (QED) is 0.841. The van der Waals surface area contributed by atoms with Gasteiger partial charge in [-0.15, -0.1) is 0 Å². The van der Waals surface area contributed by atoms with Gasteiger partial charge in [-0.05, 0) is 49.4 Å². The Morgan fingerprint density at radius 1 is 1.15 bits per heavy atom. The molecule has 0 bridgehead atoms. The first-order valence-corrected chi connectivity index (χ1v) is 6.25. The predicted octanol–water partition coefficient (Wildman–Crippen LogP) is 2.66. The number of primary amides is 1. The van der Waals surface area contributed by atoms with Gasteiger partial charge in [0.2, 0.25) is 0 Å². The molecule has 2 aromatic carbocycles. The average Bonchev–Trinajstić information content (AvgIpc) is 2.43. The van der Waals surface area contributed by atoms with Crippen LogP contribution >= 0.6 is 0 Å². The molecule has 0 unspecified atom stereocenters. The summed E-state index contributed by atoms with van der Waals surface area (Å²) < 4.78 is 13.0. The molecule has 0 saturated heterocycles. The van der Waals surface area contributed by atoms with Crippen molar-refractivity contribution in [2.75, 3.05) is 17.2 Å². The molecule has 0 saturated carbocycles. The van der Waals surface area contributed by atoms with Crippen molar-refractivity contribution in [2.45, 2.75) is 6.92 Å². The fourth-order valence-corrected chi connectivity index (χ4v) is 2.06. The highest BCUT2D eigenvalue weighted by molar-refractivity contribution is 5.99. The third kappa shape index (κ3) is 2.71. The van der Waals surface area contributed by atoms with Crippen molar-refractivity contribution >= 4 is 23.0 Å². The molecule has 0 aromatic heterocycles. The number of benzene rings is 2. The van der Waals surface area contributed by atoms with E-state index in [-0.39, 0.29) is 11.4 Å². The van der Waals surface area contributed by atoms with E-state index in [0.717, 1.165) is 11.4 Å². The molecule has 0 aliphatic carbocycles. The second kappa shape index (κ2) is 5.61. The van der Waals surface area contributed by atoms with Gasteiger partial charge in [0.25, 0.3) is 5.91 Å². The van der Waals surface area contributed by atoms with Crippen molar-refractivity contribution in [3.8, 4) is 0 Å². The van der Waals surface area contributed by atoms with E-state index in [9.17, 15) is 9.18 Å². The Kier molecular flexibility index (Phi) is 3.89. The number of carbonyl (C=O) groups is 1. The van der Waals surface area contributed by atoms with Gasteiger partial charge in [-0.1, -0.05) is 0 Å². The van der Waals surface area contributed by atoms with E-state index in [1.807, 2.05) is 11.8 Å². The van der Waals surface area contributed by atoms with E-state index in [4.69, 9.17) is 11.5 Å². The Balaban J connectivity index is 2.44. The fourth-order valence-electron chi connectivity index (χ4n) is 2.06. The fraction of sp³-hybridized carbons (Fsp3) is 0.133. The summed E-state index contributed by atoms with van der Waals surface area (Å²) >= 11 is 0. The van der Waals surface area contributed by atoms with Crippen LogP contribution in [0.3, 0.4) is 0 Å². The van der Waals surface area contributed by atoms with Gasteiger partial charge in [0, 0.05) is 23.6 Å². The topological polar surface area (TPSA) is 72.3 Å². The summed E-state index contributed by atoms with van der Waals surface area (Å²) in [6.07, 6.45) is 0. The van der Waals surface area contributed by atoms with Gasteiger partial charge in [-0.25, -0.2) is 4.39 Å². The van der Waals surface area contributed by atoms with Crippen LogP contribution in [0.4, 0.5) is 21.5 Å². The van der Waals surface area contributed by atoms with Crippen molar-refractivity contribution in [3.05, 3.63) is 53.8 Å². The monoisotopic (exact) mass is 273 g/mol. The van der Waals surface area contributed by atoms with Crippen molar-refractivity contribution in [3.63, 3.8) is 0 Å². The minimum Gasteiger partial charge on any atom is -0.398 e. The minimum atomic E-state index is -0.570. The van der Waals surface area contributed by atoms with Crippen LogP contribution in [0, 0.1) is 5.82 Å². The zero-order valence-electron chi connectivity index (χ0n) is 11.1. The maximum absolute atomic E-state index is 13.0. The molecule has 0 fully saturated rings. The number of carbonyl (C=O) groups excluding carboxylic acids is 1. The molecule has 5 heteroatoms. The predicted molar refractivity (Wildman–Crippen MR) is 78.5 cm³/mol. The van der Waals surface area contributed by atoms with Crippen LogP contribution in [0.25, 0.3) is 0 Å². The molecule has 2 rings (SSSR count). The molecule has 0 heterocycles. The maximum Gasteiger partial charge on any atom is 0.250 e. The first kappa shape index (κ1) is 13.9. The van der Waals surface area contributed by atoms with Crippen LogP contribution in [0.15, 0.2) is 42.5 Å². The van der Waals surface area contributed by atoms with Crippen LogP contribution in [-0.4, -0.2) is 12.5 Å². The lowest BCUT2D eigenvalue weighted by Crippen LogP contribution is -2.18. The third-order valence-electron chi connectivity index (χ3n) is 3.07. The normalized spacial score (nSPS) is 10.3. The van der Waals surface area contributed by atoms with E-state index >= 15 is 0 Å². The summed E-state index contributed by atoms with van der Waals surface area (Å²) in [5, 5.41) is 0. The summed E-state index contributed by atoms with van der Waals surface area (Å²) in [6.45, 7) is 2.62. The number of nitrogens with two attached hydrogens (primary N) is 2. The number of nitrogens with zero attached hydrogens (tertiary/aromatic N) is 1. The molecule has 0 aliphatic heterocycles. The van der Waals surface area contributed by atoms with Gasteiger partial charge in [-0.3, -0.25) is 4.79 Å². The van der Waals surface area contributed by atoms with Gasteiger partial charge in [0.1, 0.15) is 5.82 Å². The lowest BCUT2D eigenvalue weighted by atomic mass is 10.1. The molecule has 0 spiro atoms. The Labute approximate surface area is 116 Å². The van der Waals surface area contributed by atoms with Crippen LogP contribution < -0.4 is 16.4 Å². The average molecular weight is 273 g/mol. The summed E-state index contributed by atoms with van der Waals surface area (Å²) in [7, 11) is 0. The number of anilines is 3. The van der Waals surface area contributed by atoms with Gasteiger partial charge in [-0.2, -0.15) is 0 Å². The first-order valence-electron chi connectivity index (χ1n) is 6.25. The van der Waals surface area contributed by atoms with Gasteiger partial charge >= 0.3 is 0 Å². The molecule has 20 heavy (non-hydrogen) atoms. The molecule has 0 atom stereocenters. The highest BCUT2D eigenvalue weighted by atomic mass is 19.1. The van der Waals surface area contributed by atoms with E-state index in [1.54, 1.807) is 30.3 Å². The van der Waals surface area contributed by atoms with Crippen LogP contribution in [0.1, 0.15) is 17.3 Å². The first-order chi connectivity index (χ1) is 9.52. The molecule has 2 aromatic rings. The highest BCUT2D eigenvalue weighted by Gasteiger charge is 2.12. The third-order valence-corrected chi connectivity index (χ3v) is 3.07. The lowest BCUT2D eigenvalue weighted by Gasteiger charge is -2.24. The largest absolute Gasteiger partial charge is 0.398 e. The van der Waals surface area contributed by atoms with E-state index in [0.29, 0.717) is 12.2 Å². The number of hydrogen-bond donors (Lipinski definition) is 2. The summed E-state index contributed by atoms with van der Waals surface area (Å²) in [4.78, 5) is 13.3. The van der Waals surface area contributed by atoms with Gasteiger partial charge in [0.05, 0.1) is 5.56 Å². The van der Waals surface area contributed by atoms with Crippen molar-refractivity contribution in [1.82, 2.24) is 0 Å². The van der Waals surface area contributed by atoms with Crippen LogP contribution in [0.2, 0.25) is 0 Å². The summed E-state index contributed by atoms with van der Waals surface area (Å²) in [5.41, 5.74) is 13.3. The lowest BCUT2D eigenvalue weighted by molar-refractivity contribution is 0.100. The van der Waals surface area contributed by atoms with E-state index in [1.165, 1.54) is 12.1 Å². The van der Waals surface area contributed by atoms with Gasteiger partial charge in [0.15, 0.2) is 0 Å². The SMILES string of the molecule is CCN(c1ccc(F)cc1)c1ccc(N)c(C(N)=O)c1.